The molecule has 1 fully saturated rings. The highest BCUT2D eigenvalue weighted by molar-refractivity contribution is 7.99. The summed E-state index contributed by atoms with van der Waals surface area (Å²) >= 11 is 1.65. The van der Waals surface area contributed by atoms with E-state index in [2.05, 4.69) is 20.8 Å². The lowest BCUT2D eigenvalue weighted by molar-refractivity contribution is 0.475. The van der Waals surface area contributed by atoms with Crippen molar-refractivity contribution in [2.45, 2.75) is 24.0 Å². The lowest BCUT2D eigenvalue weighted by atomic mass is 10.3. The average molecular weight is 277 g/mol. The highest BCUT2D eigenvalue weighted by Gasteiger charge is 2.16. The van der Waals surface area contributed by atoms with E-state index in [9.17, 15) is 5.11 Å². The van der Waals surface area contributed by atoms with Crippen molar-refractivity contribution in [2.24, 2.45) is 0 Å². The van der Waals surface area contributed by atoms with Gasteiger partial charge in [0, 0.05) is 11.8 Å². The van der Waals surface area contributed by atoms with Crippen molar-refractivity contribution in [2.75, 3.05) is 12.3 Å². The lowest BCUT2D eigenvalue weighted by Crippen LogP contribution is -2.23. The summed E-state index contributed by atoms with van der Waals surface area (Å²) in [6.45, 7) is 1.11. The number of hydrogen-bond donors (Lipinski definition) is 2. The fourth-order valence-electron chi connectivity index (χ4n) is 2.10. The number of nitrogens with zero attached hydrogens (tertiary/aromatic N) is 4. The Labute approximate surface area is 115 Å². The second-order valence-corrected chi connectivity index (χ2v) is 5.48. The molecule has 1 aromatic heterocycles. The molecule has 0 radical (unpaired) electrons. The first-order valence-corrected chi connectivity index (χ1v) is 7.25. The Morgan fingerprint density at radius 1 is 1.37 bits per heavy atom. The van der Waals surface area contributed by atoms with E-state index in [0.717, 1.165) is 23.1 Å². The molecule has 0 amide bonds. The summed E-state index contributed by atoms with van der Waals surface area (Å²) in [7, 11) is 0. The minimum absolute atomic E-state index is 0.237. The summed E-state index contributed by atoms with van der Waals surface area (Å²) in [5.41, 5.74) is 0.852. The second-order valence-electron chi connectivity index (χ2n) is 4.49. The zero-order chi connectivity index (χ0) is 13.1. The molecule has 100 valence electrons. The van der Waals surface area contributed by atoms with Crippen molar-refractivity contribution in [3.63, 3.8) is 0 Å². The highest BCUT2D eigenvalue weighted by Crippen LogP contribution is 2.22. The van der Waals surface area contributed by atoms with Gasteiger partial charge in [-0.25, -0.2) is 0 Å². The summed E-state index contributed by atoms with van der Waals surface area (Å²) in [6.07, 6.45) is 2.46. The molecule has 0 saturated carbocycles. The predicted octanol–water partition coefficient (Wildman–Crippen LogP) is 1.21. The number of rotatable bonds is 4. The van der Waals surface area contributed by atoms with Crippen molar-refractivity contribution in [3.8, 4) is 11.4 Å². The molecular formula is C12H15N5OS. The SMILES string of the molecule is Oc1ccc(-n2nnnc2SC[C@@H]2CCCN2)cc1. The number of phenols is 1. The van der Waals surface area contributed by atoms with Crippen molar-refractivity contribution in [1.29, 1.82) is 0 Å². The Morgan fingerprint density at radius 3 is 2.95 bits per heavy atom. The molecule has 0 aliphatic carbocycles. The van der Waals surface area contributed by atoms with E-state index in [0.29, 0.717) is 6.04 Å². The Hall–Kier alpha value is -1.60. The molecule has 2 N–H and O–H groups in total. The minimum Gasteiger partial charge on any atom is -0.508 e. The number of nitrogens with one attached hydrogen (secondary N) is 1. The van der Waals surface area contributed by atoms with Gasteiger partial charge in [-0.1, -0.05) is 11.8 Å². The fourth-order valence-corrected chi connectivity index (χ4v) is 3.09. The van der Waals surface area contributed by atoms with Crippen LogP contribution in [0.25, 0.3) is 5.69 Å². The van der Waals surface area contributed by atoms with Gasteiger partial charge in [-0.05, 0) is 54.1 Å². The van der Waals surface area contributed by atoms with Crippen molar-refractivity contribution in [3.05, 3.63) is 24.3 Å². The lowest BCUT2D eigenvalue weighted by Gasteiger charge is -2.09. The van der Waals surface area contributed by atoms with Gasteiger partial charge < -0.3 is 10.4 Å². The van der Waals surface area contributed by atoms with E-state index in [1.54, 1.807) is 40.7 Å². The Bertz CT molecular complexity index is 535. The molecule has 1 aromatic carbocycles. The first-order valence-electron chi connectivity index (χ1n) is 6.27. The number of thioether (sulfide) groups is 1. The number of benzene rings is 1. The molecule has 2 aromatic rings. The van der Waals surface area contributed by atoms with Gasteiger partial charge in [0.05, 0.1) is 5.69 Å². The van der Waals surface area contributed by atoms with Gasteiger partial charge in [-0.3, -0.25) is 0 Å². The highest BCUT2D eigenvalue weighted by atomic mass is 32.2. The van der Waals surface area contributed by atoms with Crippen LogP contribution in [0.4, 0.5) is 0 Å². The monoisotopic (exact) mass is 277 g/mol. The molecule has 3 rings (SSSR count). The predicted molar refractivity (Wildman–Crippen MR) is 72.6 cm³/mol. The van der Waals surface area contributed by atoms with Gasteiger partial charge in [-0.2, -0.15) is 4.68 Å². The van der Waals surface area contributed by atoms with Crippen LogP contribution in [0.2, 0.25) is 0 Å². The van der Waals surface area contributed by atoms with Gasteiger partial charge >= 0.3 is 0 Å². The van der Waals surface area contributed by atoms with Crippen molar-refractivity contribution >= 4 is 11.8 Å². The van der Waals surface area contributed by atoms with Gasteiger partial charge in [0.15, 0.2) is 0 Å². The summed E-state index contributed by atoms with van der Waals surface area (Å²) < 4.78 is 1.69. The number of tetrazole rings is 1. The molecule has 1 aliphatic rings. The first-order chi connectivity index (χ1) is 9.33. The molecule has 7 heteroatoms. The van der Waals surface area contributed by atoms with Crippen LogP contribution in [0.3, 0.4) is 0 Å². The molecule has 0 bridgehead atoms. The number of hydrogen-bond acceptors (Lipinski definition) is 6. The zero-order valence-electron chi connectivity index (χ0n) is 10.4. The van der Waals surface area contributed by atoms with E-state index in [-0.39, 0.29) is 5.75 Å². The molecule has 0 unspecified atom stereocenters. The maximum atomic E-state index is 9.30. The Kier molecular flexibility index (Phi) is 3.65. The molecule has 19 heavy (non-hydrogen) atoms. The van der Waals surface area contributed by atoms with Crippen LogP contribution in [-0.4, -0.2) is 43.7 Å². The van der Waals surface area contributed by atoms with Crippen LogP contribution in [-0.2, 0) is 0 Å². The quantitative estimate of drug-likeness (QED) is 0.818. The van der Waals surface area contributed by atoms with Crippen LogP contribution in [0.15, 0.2) is 29.4 Å². The van der Waals surface area contributed by atoms with Crippen LogP contribution < -0.4 is 5.32 Å². The Morgan fingerprint density at radius 2 is 2.21 bits per heavy atom. The molecule has 1 saturated heterocycles. The maximum Gasteiger partial charge on any atom is 0.214 e. The van der Waals surface area contributed by atoms with Gasteiger partial charge in [0.2, 0.25) is 5.16 Å². The van der Waals surface area contributed by atoms with Gasteiger partial charge in [0.25, 0.3) is 0 Å². The summed E-state index contributed by atoms with van der Waals surface area (Å²) in [4.78, 5) is 0. The smallest absolute Gasteiger partial charge is 0.214 e. The van der Waals surface area contributed by atoms with E-state index in [1.165, 1.54) is 12.8 Å². The summed E-state index contributed by atoms with van der Waals surface area (Å²) in [5.74, 6) is 1.21. The van der Waals surface area contributed by atoms with Crippen LogP contribution in [0.1, 0.15) is 12.8 Å². The van der Waals surface area contributed by atoms with E-state index < -0.39 is 0 Å². The molecule has 2 heterocycles. The standard InChI is InChI=1S/C12H15N5OS/c18-11-5-3-10(4-6-11)17-12(14-15-16-17)19-8-9-2-1-7-13-9/h3-6,9,13,18H,1-2,7-8H2/t9-/m0/s1. The largest absolute Gasteiger partial charge is 0.508 e. The average Bonchev–Trinajstić information content (AvgIpc) is 3.08. The van der Waals surface area contributed by atoms with Crippen molar-refractivity contribution in [1.82, 2.24) is 25.5 Å². The normalized spacial score (nSPS) is 18.8. The first kappa shape index (κ1) is 12.4. The second kappa shape index (κ2) is 5.58. The Balaban J connectivity index is 1.72. The van der Waals surface area contributed by atoms with Gasteiger partial charge in [0.1, 0.15) is 5.75 Å². The number of aromatic hydroxyl groups is 1. The topological polar surface area (TPSA) is 75.9 Å². The number of phenolic OH excluding ortho intramolecular Hbond substituents is 1. The fraction of sp³-hybridized carbons (Fsp3) is 0.417. The molecule has 6 nitrogen and oxygen atoms in total. The van der Waals surface area contributed by atoms with Crippen LogP contribution >= 0.6 is 11.8 Å². The third-order valence-corrected chi connectivity index (χ3v) is 4.19. The van der Waals surface area contributed by atoms with E-state index >= 15 is 0 Å². The maximum absolute atomic E-state index is 9.30. The summed E-state index contributed by atoms with van der Waals surface area (Å²) in [6, 6.07) is 7.40. The van der Waals surface area contributed by atoms with E-state index in [1.807, 2.05) is 0 Å². The van der Waals surface area contributed by atoms with Gasteiger partial charge in [-0.15, -0.1) is 5.10 Å². The third kappa shape index (κ3) is 2.87. The molecule has 1 aliphatic heterocycles. The minimum atomic E-state index is 0.237. The molecule has 1 atom stereocenters. The third-order valence-electron chi connectivity index (χ3n) is 3.11. The molecular weight excluding hydrogens is 262 g/mol. The number of aromatic nitrogens is 4. The molecule has 0 spiro atoms. The van der Waals surface area contributed by atoms with Crippen LogP contribution in [0, 0.1) is 0 Å². The van der Waals surface area contributed by atoms with E-state index in [4.69, 9.17) is 0 Å². The zero-order valence-corrected chi connectivity index (χ0v) is 11.2. The van der Waals surface area contributed by atoms with Crippen molar-refractivity contribution < 1.29 is 5.11 Å². The van der Waals surface area contributed by atoms with Crippen LogP contribution in [0.5, 0.6) is 5.75 Å². The summed E-state index contributed by atoms with van der Waals surface area (Å²) in [5, 5.41) is 25.3.